The van der Waals surface area contributed by atoms with Crippen LogP contribution in [0.3, 0.4) is 0 Å². The molecule has 1 aromatic heterocycles. The van der Waals surface area contributed by atoms with Crippen LogP contribution in [0.1, 0.15) is 16.1 Å². The zero-order valence-corrected chi connectivity index (χ0v) is 14.4. The van der Waals surface area contributed by atoms with Crippen LogP contribution in [0.4, 0.5) is 5.69 Å². The van der Waals surface area contributed by atoms with Gasteiger partial charge >= 0.3 is 5.97 Å². The van der Waals surface area contributed by atoms with E-state index in [-0.39, 0.29) is 17.9 Å². The lowest BCUT2D eigenvalue weighted by Crippen LogP contribution is -2.06. The minimum Gasteiger partial charge on any atom is -0.464 e. The lowest BCUT2D eigenvalue weighted by molar-refractivity contribution is -0.384. The number of ether oxygens (including phenoxy) is 1. The summed E-state index contributed by atoms with van der Waals surface area (Å²) in [5.41, 5.74) is 1.11. The molecule has 0 aliphatic rings. The lowest BCUT2D eigenvalue weighted by Gasteiger charge is -2.06. The molecule has 3 rings (SSSR count). The molecule has 0 spiro atoms. The zero-order chi connectivity index (χ0) is 18.1. The first-order valence-corrected chi connectivity index (χ1v) is 7.83. The second-order valence-corrected chi connectivity index (χ2v) is 6.04. The van der Waals surface area contributed by atoms with Gasteiger partial charge in [0.1, 0.15) is 0 Å². The fourth-order valence-electron chi connectivity index (χ4n) is 2.46. The monoisotopic (exact) mass is 379 g/mol. The number of carbonyl (C=O) groups is 1. The van der Waals surface area contributed by atoms with Crippen molar-refractivity contribution in [1.82, 2.24) is 9.78 Å². The molecule has 128 valence electrons. The van der Waals surface area contributed by atoms with Gasteiger partial charge in [0.05, 0.1) is 24.1 Å². The van der Waals surface area contributed by atoms with Crippen LogP contribution >= 0.6 is 23.2 Å². The molecule has 0 amide bonds. The topological polar surface area (TPSA) is 87.3 Å². The number of nitro benzene ring substituents is 1. The standard InChI is InChI=1S/C16H11Cl2N3O4/c1-25-16(22)15-12-5-4-11(21(23)24)7-14(12)20(19-15)8-9-2-3-10(17)6-13(9)18/h2-7H,8H2,1H3. The Bertz CT molecular complexity index is 1000. The molecule has 7 nitrogen and oxygen atoms in total. The summed E-state index contributed by atoms with van der Waals surface area (Å²) in [6.07, 6.45) is 0. The normalized spacial score (nSPS) is 10.8. The minimum atomic E-state index is -0.625. The van der Waals surface area contributed by atoms with E-state index < -0.39 is 10.9 Å². The van der Waals surface area contributed by atoms with Crippen molar-refractivity contribution in [3.05, 3.63) is 67.8 Å². The van der Waals surface area contributed by atoms with Crippen LogP contribution in [0.15, 0.2) is 36.4 Å². The van der Waals surface area contributed by atoms with Crippen molar-refractivity contribution in [1.29, 1.82) is 0 Å². The molecule has 2 aromatic carbocycles. The van der Waals surface area contributed by atoms with Crippen molar-refractivity contribution in [2.45, 2.75) is 6.54 Å². The van der Waals surface area contributed by atoms with E-state index >= 15 is 0 Å². The molecule has 0 radical (unpaired) electrons. The van der Waals surface area contributed by atoms with E-state index in [2.05, 4.69) is 5.10 Å². The van der Waals surface area contributed by atoms with Gasteiger partial charge in [0.15, 0.2) is 5.69 Å². The molecule has 0 aliphatic carbocycles. The van der Waals surface area contributed by atoms with Gasteiger partial charge in [-0.25, -0.2) is 4.79 Å². The Morgan fingerprint density at radius 2 is 2.04 bits per heavy atom. The number of methoxy groups -OCH3 is 1. The maximum Gasteiger partial charge on any atom is 0.359 e. The summed E-state index contributed by atoms with van der Waals surface area (Å²) in [4.78, 5) is 22.5. The number of halogens is 2. The minimum absolute atomic E-state index is 0.0810. The van der Waals surface area contributed by atoms with Gasteiger partial charge in [-0.15, -0.1) is 0 Å². The number of benzene rings is 2. The van der Waals surface area contributed by atoms with Gasteiger partial charge in [0.25, 0.3) is 5.69 Å². The van der Waals surface area contributed by atoms with Gasteiger partial charge in [0.2, 0.25) is 0 Å². The Morgan fingerprint density at radius 3 is 2.68 bits per heavy atom. The number of carbonyl (C=O) groups excluding carboxylic acids is 1. The summed E-state index contributed by atoms with van der Waals surface area (Å²) >= 11 is 12.1. The maximum atomic E-state index is 11.9. The number of fused-ring (bicyclic) bond motifs is 1. The van der Waals surface area contributed by atoms with Crippen LogP contribution in [0.5, 0.6) is 0 Å². The van der Waals surface area contributed by atoms with Crippen LogP contribution in [0.25, 0.3) is 10.9 Å². The molecule has 0 saturated heterocycles. The smallest absolute Gasteiger partial charge is 0.359 e. The maximum absolute atomic E-state index is 11.9. The molecule has 9 heteroatoms. The predicted octanol–water partition coefficient (Wildman–Crippen LogP) is 4.09. The van der Waals surface area contributed by atoms with Gasteiger partial charge in [-0.3, -0.25) is 14.8 Å². The molecule has 0 atom stereocenters. The second kappa shape index (κ2) is 6.70. The van der Waals surface area contributed by atoms with Crippen molar-refractivity contribution in [2.24, 2.45) is 0 Å². The Hall–Kier alpha value is -2.64. The van der Waals surface area contributed by atoms with Gasteiger partial charge in [-0.05, 0) is 23.8 Å². The molecule has 0 fully saturated rings. The molecular formula is C16H11Cl2N3O4. The average Bonchev–Trinajstić information content (AvgIpc) is 2.94. The Morgan fingerprint density at radius 1 is 1.28 bits per heavy atom. The summed E-state index contributed by atoms with van der Waals surface area (Å²) in [6.45, 7) is 0.213. The average molecular weight is 380 g/mol. The van der Waals surface area contributed by atoms with Gasteiger partial charge in [-0.2, -0.15) is 5.10 Å². The highest BCUT2D eigenvalue weighted by molar-refractivity contribution is 6.35. The molecular weight excluding hydrogens is 369 g/mol. The largest absolute Gasteiger partial charge is 0.464 e. The number of esters is 1. The molecule has 25 heavy (non-hydrogen) atoms. The summed E-state index contributed by atoms with van der Waals surface area (Å²) < 4.78 is 6.21. The van der Waals surface area contributed by atoms with E-state index in [1.807, 2.05) is 0 Å². The number of nitrogens with zero attached hydrogens (tertiary/aromatic N) is 3. The number of non-ortho nitro benzene ring substituents is 1. The SMILES string of the molecule is COC(=O)c1nn(Cc2ccc(Cl)cc2Cl)c2cc([N+](=O)[O-])ccc12. The highest BCUT2D eigenvalue weighted by Gasteiger charge is 2.20. The molecule has 0 unspecified atom stereocenters. The van der Waals surface area contributed by atoms with E-state index in [9.17, 15) is 14.9 Å². The first kappa shape index (κ1) is 17.2. The second-order valence-electron chi connectivity index (χ2n) is 5.19. The molecule has 0 aliphatic heterocycles. The molecule has 0 bridgehead atoms. The number of rotatable bonds is 4. The van der Waals surface area contributed by atoms with Crippen LogP contribution < -0.4 is 0 Å². The fraction of sp³-hybridized carbons (Fsp3) is 0.125. The zero-order valence-electron chi connectivity index (χ0n) is 12.9. The van der Waals surface area contributed by atoms with Crippen LogP contribution in [-0.4, -0.2) is 27.8 Å². The van der Waals surface area contributed by atoms with E-state index in [0.717, 1.165) is 0 Å². The molecule has 1 heterocycles. The number of hydrogen-bond acceptors (Lipinski definition) is 5. The molecule has 0 N–H and O–H groups in total. The summed E-state index contributed by atoms with van der Waals surface area (Å²) in [7, 11) is 1.24. The third-order valence-electron chi connectivity index (χ3n) is 3.66. The van der Waals surface area contributed by atoms with Crippen LogP contribution in [-0.2, 0) is 11.3 Å². The van der Waals surface area contributed by atoms with Crippen LogP contribution in [0, 0.1) is 10.1 Å². The van der Waals surface area contributed by atoms with Crippen molar-refractivity contribution in [3.8, 4) is 0 Å². The third kappa shape index (κ3) is 3.29. The van der Waals surface area contributed by atoms with Crippen molar-refractivity contribution >= 4 is 45.8 Å². The fourth-order valence-corrected chi connectivity index (χ4v) is 2.92. The van der Waals surface area contributed by atoms with Gasteiger partial charge in [0, 0.05) is 27.6 Å². The van der Waals surface area contributed by atoms with E-state index in [1.54, 1.807) is 18.2 Å². The lowest BCUT2D eigenvalue weighted by atomic mass is 10.2. The Labute approximate surface area is 151 Å². The van der Waals surface area contributed by atoms with Gasteiger partial charge < -0.3 is 4.74 Å². The third-order valence-corrected chi connectivity index (χ3v) is 4.25. The Balaban J connectivity index is 2.16. The highest BCUT2D eigenvalue weighted by atomic mass is 35.5. The molecule has 0 saturated carbocycles. The van der Waals surface area contributed by atoms with E-state index in [0.29, 0.717) is 26.5 Å². The first-order chi connectivity index (χ1) is 11.9. The summed E-state index contributed by atoms with van der Waals surface area (Å²) in [5.74, 6) is -0.625. The number of hydrogen-bond donors (Lipinski definition) is 0. The number of nitro groups is 1. The quantitative estimate of drug-likeness (QED) is 0.387. The number of aromatic nitrogens is 2. The van der Waals surface area contributed by atoms with Crippen molar-refractivity contribution in [2.75, 3.05) is 7.11 Å². The highest BCUT2D eigenvalue weighted by Crippen LogP contribution is 2.27. The van der Waals surface area contributed by atoms with Gasteiger partial charge in [-0.1, -0.05) is 29.3 Å². The molecule has 3 aromatic rings. The van der Waals surface area contributed by atoms with E-state index in [1.165, 1.54) is 30.0 Å². The predicted molar refractivity (Wildman–Crippen MR) is 93.3 cm³/mol. The summed E-state index contributed by atoms with van der Waals surface area (Å²) in [5, 5.41) is 16.7. The Kier molecular flexibility index (Phi) is 4.61. The van der Waals surface area contributed by atoms with Crippen LogP contribution in [0.2, 0.25) is 10.0 Å². The van der Waals surface area contributed by atoms with E-state index in [4.69, 9.17) is 27.9 Å². The summed E-state index contributed by atoms with van der Waals surface area (Å²) in [6, 6.07) is 9.15. The van der Waals surface area contributed by atoms with Crippen molar-refractivity contribution in [3.63, 3.8) is 0 Å². The van der Waals surface area contributed by atoms with Crippen molar-refractivity contribution < 1.29 is 14.5 Å². The first-order valence-electron chi connectivity index (χ1n) is 7.08.